The van der Waals surface area contributed by atoms with Crippen LogP contribution in [-0.4, -0.2) is 33.1 Å². The van der Waals surface area contributed by atoms with Gasteiger partial charge in [0, 0.05) is 19.2 Å². The van der Waals surface area contributed by atoms with Gasteiger partial charge < -0.3 is 9.30 Å². The van der Waals surface area contributed by atoms with Gasteiger partial charge in [0.15, 0.2) is 11.0 Å². The van der Waals surface area contributed by atoms with E-state index in [1.165, 1.54) is 17.8 Å². The molecule has 1 aromatic carbocycles. The predicted molar refractivity (Wildman–Crippen MR) is 83.0 cm³/mol. The summed E-state index contributed by atoms with van der Waals surface area (Å²) in [6.45, 7) is 2.19. The molecule has 5 nitrogen and oxygen atoms in total. The summed E-state index contributed by atoms with van der Waals surface area (Å²) in [5.74, 6) is 0.707. The molecule has 22 heavy (non-hydrogen) atoms. The number of carbonyl (C=O) groups excluding carboxylic acids is 1. The Kier molecular flexibility index (Phi) is 5.94. The Bertz CT molecular complexity index is 645. The van der Waals surface area contributed by atoms with Gasteiger partial charge in [0.05, 0.1) is 12.2 Å². The Labute approximate surface area is 132 Å². The van der Waals surface area contributed by atoms with Crippen LogP contribution in [0.25, 0.3) is 11.4 Å². The lowest BCUT2D eigenvalue weighted by atomic mass is 10.2. The molecule has 2 rings (SSSR count). The number of carbonyl (C=O) groups is 1. The van der Waals surface area contributed by atoms with Crippen LogP contribution in [-0.2, 0) is 16.6 Å². The molecule has 118 valence electrons. The van der Waals surface area contributed by atoms with E-state index in [4.69, 9.17) is 4.74 Å². The lowest BCUT2D eigenvalue weighted by Gasteiger charge is -2.05. The van der Waals surface area contributed by atoms with Crippen molar-refractivity contribution in [2.24, 2.45) is 7.05 Å². The van der Waals surface area contributed by atoms with E-state index in [1.54, 1.807) is 36.7 Å². The summed E-state index contributed by atoms with van der Waals surface area (Å²) in [5.41, 5.74) is 0.427. The molecule has 0 aliphatic heterocycles. The topological polar surface area (TPSA) is 57.0 Å². The van der Waals surface area contributed by atoms with Crippen molar-refractivity contribution in [3.05, 3.63) is 30.1 Å². The molecule has 0 bridgehead atoms. The van der Waals surface area contributed by atoms with Gasteiger partial charge in [0.1, 0.15) is 5.82 Å². The molecule has 0 radical (unpaired) electrons. The summed E-state index contributed by atoms with van der Waals surface area (Å²) < 4.78 is 20.4. The highest BCUT2D eigenvalue weighted by Crippen LogP contribution is 2.25. The van der Waals surface area contributed by atoms with Crippen LogP contribution in [0.3, 0.4) is 0 Å². The molecular formula is C15H18FN3O2S. The smallest absolute Gasteiger partial charge is 0.305 e. The van der Waals surface area contributed by atoms with Gasteiger partial charge in [-0.15, -0.1) is 10.2 Å². The van der Waals surface area contributed by atoms with E-state index in [1.807, 2.05) is 0 Å². The Morgan fingerprint density at radius 2 is 2.14 bits per heavy atom. The summed E-state index contributed by atoms with van der Waals surface area (Å²) in [6.07, 6.45) is 1.09. The fourth-order valence-corrected chi connectivity index (χ4v) is 2.78. The third-order valence-electron chi connectivity index (χ3n) is 3.01. The minimum Gasteiger partial charge on any atom is -0.466 e. The Hall–Kier alpha value is -1.89. The van der Waals surface area contributed by atoms with Crippen LogP contribution in [0.5, 0.6) is 0 Å². The number of benzene rings is 1. The molecule has 0 spiro atoms. The highest BCUT2D eigenvalue weighted by Gasteiger charge is 2.14. The predicted octanol–water partition coefficient (Wildman–Crippen LogP) is 3.06. The number of rotatable bonds is 7. The number of hydrogen-bond donors (Lipinski definition) is 0. The second kappa shape index (κ2) is 7.93. The first-order valence-electron chi connectivity index (χ1n) is 7.06. The van der Waals surface area contributed by atoms with Gasteiger partial charge in [0.2, 0.25) is 0 Å². The fraction of sp³-hybridized carbons (Fsp3) is 0.400. The van der Waals surface area contributed by atoms with Gasteiger partial charge in [0.25, 0.3) is 0 Å². The van der Waals surface area contributed by atoms with E-state index >= 15 is 0 Å². The van der Waals surface area contributed by atoms with Gasteiger partial charge in [-0.3, -0.25) is 4.79 Å². The molecule has 0 atom stereocenters. The minimum absolute atomic E-state index is 0.187. The van der Waals surface area contributed by atoms with Gasteiger partial charge >= 0.3 is 5.97 Å². The van der Waals surface area contributed by atoms with Crippen LogP contribution in [0.15, 0.2) is 29.4 Å². The van der Waals surface area contributed by atoms with E-state index in [0.29, 0.717) is 36.0 Å². The largest absolute Gasteiger partial charge is 0.466 e. The fourth-order valence-electron chi connectivity index (χ4n) is 1.93. The van der Waals surface area contributed by atoms with Crippen molar-refractivity contribution in [3.63, 3.8) is 0 Å². The summed E-state index contributed by atoms with van der Waals surface area (Å²) in [7, 11) is 1.80. The number of thioether (sulfide) groups is 1. The Balaban J connectivity index is 1.94. The van der Waals surface area contributed by atoms with Crippen molar-refractivity contribution in [3.8, 4) is 11.4 Å². The minimum atomic E-state index is -0.322. The van der Waals surface area contributed by atoms with Gasteiger partial charge in [-0.1, -0.05) is 23.9 Å². The van der Waals surface area contributed by atoms with Crippen molar-refractivity contribution in [1.29, 1.82) is 0 Å². The molecule has 0 saturated carbocycles. The zero-order valence-corrected chi connectivity index (χ0v) is 13.4. The SMILES string of the molecule is CCOC(=O)CCCSc1nnc(-c2ccccc2F)n1C. The third-order valence-corrected chi connectivity index (χ3v) is 4.12. The highest BCUT2D eigenvalue weighted by molar-refractivity contribution is 7.99. The second-order valence-electron chi connectivity index (χ2n) is 4.60. The molecule has 1 heterocycles. The van der Waals surface area contributed by atoms with Crippen LogP contribution in [0.4, 0.5) is 4.39 Å². The molecule has 0 N–H and O–H groups in total. The van der Waals surface area contributed by atoms with Gasteiger partial charge in [-0.25, -0.2) is 4.39 Å². The average molecular weight is 323 g/mol. The normalized spacial score (nSPS) is 10.7. The zero-order valence-electron chi connectivity index (χ0n) is 12.6. The summed E-state index contributed by atoms with van der Waals surface area (Å²) >= 11 is 1.49. The van der Waals surface area contributed by atoms with Crippen LogP contribution < -0.4 is 0 Å². The van der Waals surface area contributed by atoms with E-state index in [2.05, 4.69) is 10.2 Å². The van der Waals surface area contributed by atoms with Crippen molar-refractivity contribution in [2.45, 2.75) is 24.9 Å². The lowest BCUT2D eigenvalue weighted by molar-refractivity contribution is -0.143. The maximum atomic E-state index is 13.8. The average Bonchev–Trinajstić information content (AvgIpc) is 2.86. The molecule has 1 aromatic heterocycles. The maximum Gasteiger partial charge on any atom is 0.305 e. The summed E-state index contributed by atoms with van der Waals surface area (Å²) in [6, 6.07) is 6.48. The number of aromatic nitrogens is 3. The number of nitrogens with zero attached hydrogens (tertiary/aromatic N) is 3. The van der Waals surface area contributed by atoms with Crippen molar-refractivity contribution >= 4 is 17.7 Å². The summed E-state index contributed by atoms with van der Waals surface area (Å²) in [4.78, 5) is 11.2. The maximum absolute atomic E-state index is 13.8. The molecule has 0 amide bonds. The standard InChI is InChI=1S/C15H18FN3O2S/c1-3-21-13(20)9-6-10-22-15-18-17-14(19(15)2)11-7-4-5-8-12(11)16/h4-5,7-8H,3,6,9-10H2,1-2H3. The van der Waals surface area contributed by atoms with Gasteiger partial charge in [-0.05, 0) is 25.5 Å². The van der Waals surface area contributed by atoms with E-state index < -0.39 is 0 Å². The van der Waals surface area contributed by atoms with Crippen LogP contribution >= 0.6 is 11.8 Å². The molecule has 0 saturated heterocycles. The molecule has 2 aromatic rings. The number of esters is 1. The Morgan fingerprint density at radius 1 is 1.36 bits per heavy atom. The number of hydrogen-bond acceptors (Lipinski definition) is 5. The molecule has 0 aliphatic rings. The van der Waals surface area contributed by atoms with Crippen molar-refractivity contribution in [1.82, 2.24) is 14.8 Å². The van der Waals surface area contributed by atoms with Crippen LogP contribution in [0.1, 0.15) is 19.8 Å². The molecule has 0 fully saturated rings. The number of ether oxygens (including phenoxy) is 1. The third kappa shape index (κ3) is 4.07. The summed E-state index contributed by atoms with van der Waals surface area (Å²) in [5, 5.41) is 8.83. The van der Waals surface area contributed by atoms with Crippen LogP contribution in [0, 0.1) is 5.82 Å². The van der Waals surface area contributed by atoms with Gasteiger partial charge in [-0.2, -0.15) is 0 Å². The van der Waals surface area contributed by atoms with Crippen molar-refractivity contribution in [2.75, 3.05) is 12.4 Å². The molecular weight excluding hydrogens is 305 g/mol. The van der Waals surface area contributed by atoms with Crippen molar-refractivity contribution < 1.29 is 13.9 Å². The molecule has 0 aliphatic carbocycles. The first-order chi connectivity index (χ1) is 10.6. The first-order valence-corrected chi connectivity index (χ1v) is 8.04. The van der Waals surface area contributed by atoms with E-state index in [9.17, 15) is 9.18 Å². The zero-order chi connectivity index (χ0) is 15.9. The quantitative estimate of drug-likeness (QED) is 0.445. The highest BCUT2D eigenvalue weighted by atomic mass is 32.2. The monoisotopic (exact) mass is 323 g/mol. The van der Waals surface area contributed by atoms with E-state index in [-0.39, 0.29) is 11.8 Å². The van der Waals surface area contributed by atoms with Crippen LogP contribution in [0.2, 0.25) is 0 Å². The first kappa shape index (κ1) is 16.5. The van der Waals surface area contributed by atoms with E-state index in [0.717, 1.165) is 5.75 Å². The number of halogens is 1. The Morgan fingerprint density at radius 3 is 2.86 bits per heavy atom. The molecule has 7 heteroatoms. The molecule has 0 unspecified atom stereocenters. The lowest BCUT2D eigenvalue weighted by Crippen LogP contribution is -2.04. The second-order valence-corrected chi connectivity index (χ2v) is 5.66.